The molecule has 0 spiro atoms. The number of carboxylic acids is 1. The highest BCUT2D eigenvalue weighted by Crippen LogP contribution is 2.25. The molecule has 1 amide bonds. The van der Waals surface area contributed by atoms with Crippen LogP contribution in [-0.2, 0) is 9.59 Å². The first-order chi connectivity index (χ1) is 9.97. The molecule has 114 valence electrons. The van der Waals surface area contributed by atoms with Gasteiger partial charge in [0.15, 0.2) is 0 Å². The molecular formula is C16H20ClNO3. The van der Waals surface area contributed by atoms with Crippen molar-refractivity contribution in [1.29, 1.82) is 0 Å². The summed E-state index contributed by atoms with van der Waals surface area (Å²) in [5, 5.41) is 12.6. The Labute approximate surface area is 129 Å². The van der Waals surface area contributed by atoms with Gasteiger partial charge < -0.3 is 10.4 Å². The van der Waals surface area contributed by atoms with Crippen LogP contribution >= 0.6 is 11.6 Å². The Bertz CT molecular complexity index is 524. The molecule has 21 heavy (non-hydrogen) atoms. The SMILES string of the molecule is CC(C(=O)NC1CCC(C(=O)O)CC1)c1cccc(Cl)c1. The largest absolute Gasteiger partial charge is 0.481 e. The lowest BCUT2D eigenvalue weighted by Gasteiger charge is -2.28. The molecule has 2 N–H and O–H groups in total. The number of amides is 1. The van der Waals surface area contributed by atoms with Crippen molar-refractivity contribution in [3.8, 4) is 0 Å². The monoisotopic (exact) mass is 309 g/mol. The number of benzene rings is 1. The Hall–Kier alpha value is -1.55. The molecule has 4 nitrogen and oxygen atoms in total. The van der Waals surface area contributed by atoms with Gasteiger partial charge in [0.2, 0.25) is 5.91 Å². The molecule has 0 saturated heterocycles. The Morgan fingerprint density at radius 3 is 2.52 bits per heavy atom. The molecule has 1 saturated carbocycles. The molecule has 5 heteroatoms. The van der Waals surface area contributed by atoms with Crippen LogP contribution in [0.25, 0.3) is 0 Å². The summed E-state index contributed by atoms with van der Waals surface area (Å²) < 4.78 is 0. The lowest BCUT2D eigenvalue weighted by atomic mass is 9.86. The third kappa shape index (κ3) is 4.21. The molecule has 0 aliphatic heterocycles. The Morgan fingerprint density at radius 2 is 1.95 bits per heavy atom. The number of carbonyl (C=O) groups is 2. The van der Waals surface area contributed by atoms with Crippen LogP contribution in [0.15, 0.2) is 24.3 Å². The summed E-state index contributed by atoms with van der Waals surface area (Å²) in [6.07, 6.45) is 2.72. The van der Waals surface area contributed by atoms with E-state index in [0.29, 0.717) is 17.9 Å². The molecule has 0 bridgehead atoms. The summed E-state index contributed by atoms with van der Waals surface area (Å²) in [6.45, 7) is 1.85. The highest BCUT2D eigenvalue weighted by atomic mass is 35.5. The quantitative estimate of drug-likeness (QED) is 0.897. The van der Waals surface area contributed by atoms with Crippen molar-refractivity contribution >= 4 is 23.5 Å². The minimum Gasteiger partial charge on any atom is -0.481 e. The fourth-order valence-electron chi connectivity index (χ4n) is 2.74. The van der Waals surface area contributed by atoms with Gasteiger partial charge in [-0.25, -0.2) is 0 Å². The Balaban J connectivity index is 1.89. The van der Waals surface area contributed by atoms with Crippen molar-refractivity contribution in [2.24, 2.45) is 5.92 Å². The molecule has 1 atom stereocenters. The summed E-state index contributed by atoms with van der Waals surface area (Å²) >= 11 is 5.94. The maximum Gasteiger partial charge on any atom is 0.306 e. The molecule has 0 radical (unpaired) electrons. The van der Waals surface area contributed by atoms with E-state index in [0.717, 1.165) is 18.4 Å². The minimum absolute atomic E-state index is 0.0314. The van der Waals surface area contributed by atoms with E-state index in [1.165, 1.54) is 0 Å². The molecule has 1 fully saturated rings. The summed E-state index contributed by atoms with van der Waals surface area (Å²) in [7, 11) is 0. The smallest absolute Gasteiger partial charge is 0.306 e. The fourth-order valence-corrected chi connectivity index (χ4v) is 2.94. The van der Waals surface area contributed by atoms with Crippen LogP contribution in [0.3, 0.4) is 0 Å². The van der Waals surface area contributed by atoms with Gasteiger partial charge in [-0.3, -0.25) is 9.59 Å². The number of nitrogens with one attached hydrogen (secondary N) is 1. The molecule has 1 aromatic carbocycles. The zero-order chi connectivity index (χ0) is 15.4. The summed E-state index contributed by atoms with van der Waals surface area (Å²) in [4.78, 5) is 23.2. The number of halogens is 1. The molecule has 1 unspecified atom stereocenters. The van der Waals surface area contributed by atoms with Crippen molar-refractivity contribution in [1.82, 2.24) is 5.32 Å². The van der Waals surface area contributed by atoms with E-state index in [1.807, 2.05) is 19.1 Å². The molecular weight excluding hydrogens is 290 g/mol. The number of carbonyl (C=O) groups excluding carboxylic acids is 1. The first-order valence-corrected chi connectivity index (χ1v) is 7.64. The second kappa shape index (κ2) is 6.94. The second-order valence-corrected chi connectivity index (χ2v) is 6.11. The first-order valence-electron chi connectivity index (χ1n) is 7.26. The Morgan fingerprint density at radius 1 is 1.29 bits per heavy atom. The predicted octanol–water partition coefficient (Wildman–Crippen LogP) is 3.20. The highest BCUT2D eigenvalue weighted by molar-refractivity contribution is 6.30. The van der Waals surface area contributed by atoms with Crippen LogP contribution in [-0.4, -0.2) is 23.0 Å². The van der Waals surface area contributed by atoms with E-state index in [9.17, 15) is 9.59 Å². The average molecular weight is 310 g/mol. The normalized spacial score (nSPS) is 23.3. The minimum atomic E-state index is -0.730. The van der Waals surface area contributed by atoms with Gasteiger partial charge >= 0.3 is 5.97 Å². The van der Waals surface area contributed by atoms with Gasteiger partial charge in [-0.2, -0.15) is 0 Å². The van der Waals surface area contributed by atoms with Crippen LogP contribution in [0.5, 0.6) is 0 Å². The van der Waals surface area contributed by atoms with E-state index in [-0.39, 0.29) is 23.8 Å². The molecule has 0 aromatic heterocycles. The van der Waals surface area contributed by atoms with Gasteiger partial charge in [0, 0.05) is 11.1 Å². The second-order valence-electron chi connectivity index (χ2n) is 5.67. The van der Waals surface area contributed by atoms with Crippen LogP contribution in [0.2, 0.25) is 5.02 Å². The van der Waals surface area contributed by atoms with Gasteiger partial charge in [-0.05, 0) is 50.3 Å². The number of carboxylic acid groups (broad SMARTS) is 1. The van der Waals surface area contributed by atoms with Crippen molar-refractivity contribution in [2.45, 2.75) is 44.6 Å². The zero-order valence-corrected chi connectivity index (χ0v) is 12.8. The average Bonchev–Trinajstić information content (AvgIpc) is 2.47. The van der Waals surface area contributed by atoms with Gasteiger partial charge in [0.25, 0.3) is 0 Å². The third-order valence-electron chi connectivity index (χ3n) is 4.16. The maximum atomic E-state index is 12.3. The number of rotatable bonds is 4. The van der Waals surface area contributed by atoms with Crippen molar-refractivity contribution in [2.75, 3.05) is 0 Å². The van der Waals surface area contributed by atoms with E-state index in [1.54, 1.807) is 12.1 Å². The van der Waals surface area contributed by atoms with Crippen LogP contribution in [0.1, 0.15) is 44.1 Å². The lowest BCUT2D eigenvalue weighted by molar-refractivity contribution is -0.142. The van der Waals surface area contributed by atoms with E-state index in [2.05, 4.69) is 5.32 Å². The predicted molar refractivity (Wildman–Crippen MR) is 81.4 cm³/mol. The van der Waals surface area contributed by atoms with Gasteiger partial charge in [0.05, 0.1) is 11.8 Å². The van der Waals surface area contributed by atoms with Gasteiger partial charge in [-0.15, -0.1) is 0 Å². The van der Waals surface area contributed by atoms with Crippen LogP contribution < -0.4 is 5.32 Å². The molecule has 2 rings (SSSR count). The van der Waals surface area contributed by atoms with Crippen LogP contribution in [0.4, 0.5) is 0 Å². The third-order valence-corrected chi connectivity index (χ3v) is 4.40. The molecule has 1 aliphatic carbocycles. The van der Waals surface area contributed by atoms with E-state index >= 15 is 0 Å². The summed E-state index contributed by atoms with van der Waals surface area (Å²) in [5.74, 6) is -1.28. The van der Waals surface area contributed by atoms with Gasteiger partial charge in [0.1, 0.15) is 0 Å². The van der Waals surface area contributed by atoms with Crippen LogP contribution in [0, 0.1) is 5.92 Å². The topological polar surface area (TPSA) is 66.4 Å². The highest BCUT2D eigenvalue weighted by Gasteiger charge is 2.27. The van der Waals surface area contributed by atoms with Crippen molar-refractivity contribution in [3.05, 3.63) is 34.9 Å². The standard InChI is InChI=1S/C16H20ClNO3/c1-10(12-3-2-4-13(17)9-12)15(19)18-14-7-5-11(6-8-14)16(20)21/h2-4,9-11,14H,5-8H2,1H3,(H,18,19)(H,20,21). The van der Waals surface area contributed by atoms with Crippen molar-refractivity contribution in [3.63, 3.8) is 0 Å². The summed E-state index contributed by atoms with van der Waals surface area (Å²) in [5.41, 5.74) is 0.888. The lowest BCUT2D eigenvalue weighted by Crippen LogP contribution is -2.40. The summed E-state index contributed by atoms with van der Waals surface area (Å²) in [6, 6.07) is 7.38. The van der Waals surface area contributed by atoms with E-state index < -0.39 is 5.97 Å². The molecule has 0 heterocycles. The van der Waals surface area contributed by atoms with Gasteiger partial charge in [-0.1, -0.05) is 23.7 Å². The fraction of sp³-hybridized carbons (Fsp3) is 0.500. The number of hydrogen-bond donors (Lipinski definition) is 2. The maximum absolute atomic E-state index is 12.3. The number of hydrogen-bond acceptors (Lipinski definition) is 2. The molecule has 1 aromatic rings. The molecule has 1 aliphatic rings. The van der Waals surface area contributed by atoms with Crippen molar-refractivity contribution < 1.29 is 14.7 Å². The zero-order valence-electron chi connectivity index (χ0n) is 12.0. The first kappa shape index (κ1) is 15.8. The Kier molecular flexibility index (Phi) is 5.23. The van der Waals surface area contributed by atoms with E-state index in [4.69, 9.17) is 16.7 Å². The number of aliphatic carboxylic acids is 1.